The summed E-state index contributed by atoms with van der Waals surface area (Å²) in [6.07, 6.45) is 0. The van der Waals surface area contributed by atoms with Crippen molar-refractivity contribution in [3.8, 4) is 0 Å². The van der Waals surface area contributed by atoms with Gasteiger partial charge in [-0.1, -0.05) is 83.9 Å². The lowest BCUT2D eigenvalue weighted by molar-refractivity contribution is 0.465. The van der Waals surface area contributed by atoms with Crippen molar-refractivity contribution >= 4 is 50.6 Å². The van der Waals surface area contributed by atoms with E-state index in [4.69, 9.17) is 33.7 Å². The maximum Gasteiger partial charge on any atom is 0.271 e. The summed E-state index contributed by atoms with van der Waals surface area (Å²) in [4.78, 5) is 0.0196. The minimum absolute atomic E-state index is 0.0196. The van der Waals surface area contributed by atoms with Gasteiger partial charge in [-0.05, 0) is 59.7 Å². The molecule has 5 rings (SSSR count). The Balaban J connectivity index is 1.59. The maximum absolute atomic E-state index is 13.8. The number of nitrogens with one attached hydrogen (secondary N) is 1. The molecule has 1 heterocycles. The second-order valence-electron chi connectivity index (χ2n) is 8.42. The number of nitrogens with zero attached hydrogens (tertiary/aromatic N) is 3. The van der Waals surface area contributed by atoms with Gasteiger partial charge in [0.25, 0.3) is 10.0 Å². The molecule has 0 amide bonds. The van der Waals surface area contributed by atoms with Gasteiger partial charge in [-0.15, -0.1) is 0 Å². The van der Waals surface area contributed by atoms with Gasteiger partial charge in [0.15, 0.2) is 0 Å². The van der Waals surface area contributed by atoms with Crippen LogP contribution in [0, 0.1) is 5.41 Å². The van der Waals surface area contributed by atoms with Gasteiger partial charge < -0.3 is 0 Å². The summed E-state index contributed by atoms with van der Waals surface area (Å²) in [7, 11) is -4.16. The van der Waals surface area contributed by atoms with Crippen LogP contribution in [0.4, 0.5) is 5.69 Å². The third kappa shape index (κ3) is 5.11. The number of hydrazone groups is 1. The highest BCUT2D eigenvalue weighted by molar-refractivity contribution is 7.93. The van der Waals surface area contributed by atoms with E-state index in [1.54, 1.807) is 42.5 Å². The van der Waals surface area contributed by atoms with Crippen LogP contribution in [0.15, 0.2) is 119 Å². The van der Waals surface area contributed by atoms with E-state index in [1.165, 1.54) is 29.3 Å². The molecule has 4 aromatic carbocycles. The Hall–Kier alpha value is -3.65. The van der Waals surface area contributed by atoms with Gasteiger partial charge in [0.05, 0.1) is 22.8 Å². The van der Waals surface area contributed by atoms with Crippen molar-refractivity contribution in [3.05, 3.63) is 130 Å². The van der Waals surface area contributed by atoms with Crippen LogP contribution in [-0.2, 0) is 10.0 Å². The van der Waals surface area contributed by atoms with Gasteiger partial charge in [-0.25, -0.2) is 17.7 Å². The molecule has 0 saturated carbocycles. The predicted octanol–water partition coefficient (Wildman–Crippen LogP) is 6.63. The number of hydrogen-bond acceptors (Lipinski definition) is 4. The molecular formula is C28H22Cl2N4O2S. The summed E-state index contributed by atoms with van der Waals surface area (Å²) < 4.78 is 28.7. The van der Waals surface area contributed by atoms with Crippen molar-refractivity contribution in [3.63, 3.8) is 0 Å². The van der Waals surface area contributed by atoms with Gasteiger partial charge in [0.1, 0.15) is 0 Å². The molecule has 1 atom stereocenters. The third-order valence-corrected chi connectivity index (χ3v) is 8.27. The predicted molar refractivity (Wildman–Crippen MR) is 149 cm³/mol. The van der Waals surface area contributed by atoms with Crippen LogP contribution in [0.5, 0.6) is 0 Å². The molecule has 0 saturated heterocycles. The molecule has 1 N–H and O–H groups in total. The summed E-state index contributed by atoms with van der Waals surface area (Å²) in [6.45, 7) is 0.292. The molecule has 0 aliphatic carbocycles. The first-order valence-corrected chi connectivity index (χ1v) is 13.7. The lowest BCUT2D eigenvalue weighted by Crippen LogP contribution is -2.44. The Kier molecular flexibility index (Phi) is 7.02. The Bertz CT molecular complexity index is 1540. The SMILES string of the molecule is N=C(N1CC(c2ccccc2)C(c2ccc(Cl)cc2)=N1)N(c1ccccc1)S(=O)(=O)c1ccc(Cl)cc1. The number of anilines is 1. The van der Waals surface area contributed by atoms with E-state index in [2.05, 4.69) is 0 Å². The maximum atomic E-state index is 13.8. The van der Waals surface area contributed by atoms with Crippen LogP contribution in [-0.4, -0.2) is 31.6 Å². The normalized spacial score (nSPS) is 15.4. The lowest BCUT2D eigenvalue weighted by Gasteiger charge is -2.28. The van der Waals surface area contributed by atoms with Gasteiger partial charge in [0, 0.05) is 16.0 Å². The summed E-state index contributed by atoms with van der Waals surface area (Å²) >= 11 is 12.1. The summed E-state index contributed by atoms with van der Waals surface area (Å²) in [5, 5.41) is 16.3. The number of rotatable bonds is 5. The molecule has 0 radical (unpaired) electrons. The van der Waals surface area contributed by atoms with Crippen molar-refractivity contribution in [2.24, 2.45) is 5.10 Å². The first kappa shape index (κ1) is 25.0. The first-order chi connectivity index (χ1) is 17.8. The smallest absolute Gasteiger partial charge is 0.266 e. The number of sulfonamides is 1. The van der Waals surface area contributed by atoms with Crippen molar-refractivity contribution in [1.82, 2.24) is 5.01 Å². The highest BCUT2D eigenvalue weighted by Gasteiger charge is 2.37. The summed E-state index contributed by atoms with van der Waals surface area (Å²) in [5.74, 6) is -0.468. The monoisotopic (exact) mass is 548 g/mol. The topological polar surface area (TPSA) is 76.8 Å². The zero-order chi connectivity index (χ0) is 26.0. The largest absolute Gasteiger partial charge is 0.271 e. The van der Waals surface area contributed by atoms with Crippen LogP contribution >= 0.6 is 23.2 Å². The second-order valence-corrected chi connectivity index (χ2v) is 11.1. The van der Waals surface area contributed by atoms with Crippen LogP contribution in [0.1, 0.15) is 17.0 Å². The van der Waals surface area contributed by atoms with E-state index in [0.717, 1.165) is 21.1 Å². The standard InChI is InChI=1S/C28H22Cl2N4O2S/c29-22-13-11-21(12-14-22)27-26(20-7-3-1-4-8-20)19-33(32-27)28(31)34(24-9-5-2-6-10-24)37(35,36)25-17-15-23(30)16-18-25/h1-18,26,31H,19H2. The van der Waals surface area contributed by atoms with Crippen molar-refractivity contribution in [2.75, 3.05) is 10.8 Å². The summed E-state index contributed by atoms with van der Waals surface area (Å²) in [5.41, 5.74) is 2.91. The molecule has 0 fully saturated rings. The number of guanidine groups is 1. The molecule has 186 valence electrons. The van der Waals surface area contributed by atoms with Crippen molar-refractivity contribution < 1.29 is 8.42 Å². The van der Waals surface area contributed by atoms with E-state index >= 15 is 0 Å². The number of benzene rings is 4. The van der Waals surface area contributed by atoms with Crippen molar-refractivity contribution in [1.29, 1.82) is 5.41 Å². The molecule has 0 spiro atoms. The molecule has 0 aromatic heterocycles. The highest BCUT2D eigenvalue weighted by Crippen LogP contribution is 2.32. The molecule has 1 unspecified atom stereocenters. The molecule has 0 bridgehead atoms. The Morgan fingerprint density at radius 2 is 1.35 bits per heavy atom. The average molecular weight is 549 g/mol. The fourth-order valence-electron chi connectivity index (χ4n) is 4.22. The Morgan fingerprint density at radius 1 is 0.811 bits per heavy atom. The average Bonchev–Trinajstić information content (AvgIpc) is 3.36. The lowest BCUT2D eigenvalue weighted by atomic mass is 9.91. The molecular weight excluding hydrogens is 527 g/mol. The second kappa shape index (κ2) is 10.4. The number of hydrogen-bond donors (Lipinski definition) is 1. The fourth-order valence-corrected chi connectivity index (χ4v) is 5.88. The van der Waals surface area contributed by atoms with E-state index in [9.17, 15) is 8.42 Å². The molecule has 37 heavy (non-hydrogen) atoms. The van der Waals surface area contributed by atoms with Gasteiger partial charge >= 0.3 is 0 Å². The minimum atomic E-state index is -4.16. The van der Waals surface area contributed by atoms with Crippen LogP contribution in [0.3, 0.4) is 0 Å². The van der Waals surface area contributed by atoms with E-state index in [1.807, 2.05) is 42.5 Å². The third-order valence-electron chi connectivity index (χ3n) is 6.04. The van der Waals surface area contributed by atoms with E-state index < -0.39 is 10.0 Å². The molecule has 6 nitrogen and oxygen atoms in total. The zero-order valence-corrected chi connectivity index (χ0v) is 21.8. The van der Waals surface area contributed by atoms with Crippen LogP contribution < -0.4 is 4.31 Å². The van der Waals surface area contributed by atoms with Crippen LogP contribution in [0.25, 0.3) is 0 Å². The van der Waals surface area contributed by atoms with E-state index in [0.29, 0.717) is 22.3 Å². The van der Waals surface area contributed by atoms with Crippen molar-refractivity contribution in [2.45, 2.75) is 10.8 Å². The molecule has 1 aliphatic rings. The Labute approximate surface area is 225 Å². The number of para-hydroxylation sites is 1. The molecule has 1 aliphatic heterocycles. The van der Waals surface area contributed by atoms with Crippen LogP contribution in [0.2, 0.25) is 10.0 Å². The quantitative estimate of drug-likeness (QED) is 0.224. The minimum Gasteiger partial charge on any atom is -0.266 e. The fraction of sp³-hybridized carbons (Fsp3) is 0.0714. The van der Waals surface area contributed by atoms with E-state index in [-0.39, 0.29) is 16.8 Å². The number of halogens is 2. The van der Waals surface area contributed by atoms with Gasteiger partial charge in [-0.3, -0.25) is 5.41 Å². The first-order valence-electron chi connectivity index (χ1n) is 11.5. The zero-order valence-electron chi connectivity index (χ0n) is 19.5. The van der Waals surface area contributed by atoms with Gasteiger partial charge in [0.2, 0.25) is 5.96 Å². The molecule has 4 aromatic rings. The molecule has 9 heteroatoms. The van der Waals surface area contributed by atoms with Gasteiger partial charge in [-0.2, -0.15) is 5.10 Å². The Morgan fingerprint density at radius 3 is 1.95 bits per heavy atom. The summed E-state index contributed by atoms with van der Waals surface area (Å²) in [6, 6.07) is 31.6. The highest BCUT2D eigenvalue weighted by atomic mass is 35.5.